The number of nitrogens with two attached hydrogens (primary N) is 1. The number of nitrogens with one attached hydrogen (secondary N) is 1. The SMILES string of the molecule is CCCCNC(N)=NCCCN1CCCCC1C.I. The molecule has 0 amide bonds. The van der Waals surface area contributed by atoms with E-state index in [1.54, 1.807) is 0 Å². The molecular weight excluding hydrogens is 351 g/mol. The van der Waals surface area contributed by atoms with Crippen LogP contribution in [0, 0.1) is 0 Å². The van der Waals surface area contributed by atoms with Crippen LogP contribution in [0.5, 0.6) is 0 Å². The normalized spacial score (nSPS) is 20.9. The first-order chi connectivity index (χ1) is 8.74. The fourth-order valence-electron chi connectivity index (χ4n) is 2.41. The fraction of sp³-hybridized carbons (Fsp3) is 0.929. The maximum Gasteiger partial charge on any atom is 0.188 e. The topological polar surface area (TPSA) is 53.6 Å². The van der Waals surface area contributed by atoms with E-state index in [1.807, 2.05) is 0 Å². The van der Waals surface area contributed by atoms with Crippen LogP contribution in [0.2, 0.25) is 0 Å². The minimum absolute atomic E-state index is 0. The maximum atomic E-state index is 5.79. The number of halogens is 1. The van der Waals surface area contributed by atoms with Crippen LogP contribution < -0.4 is 11.1 Å². The van der Waals surface area contributed by atoms with E-state index >= 15 is 0 Å². The smallest absolute Gasteiger partial charge is 0.188 e. The van der Waals surface area contributed by atoms with E-state index in [2.05, 4.69) is 29.1 Å². The second-order valence-electron chi connectivity index (χ2n) is 5.28. The molecule has 0 saturated carbocycles. The van der Waals surface area contributed by atoms with Crippen molar-refractivity contribution in [1.29, 1.82) is 0 Å². The third kappa shape index (κ3) is 8.68. The van der Waals surface area contributed by atoms with Crippen LogP contribution in [0.4, 0.5) is 0 Å². The molecule has 1 saturated heterocycles. The molecular formula is C14H31IN4. The molecule has 0 radical (unpaired) electrons. The molecule has 1 aliphatic heterocycles. The van der Waals surface area contributed by atoms with Gasteiger partial charge in [-0.05, 0) is 39.2 Å². The van der Waals surface area contributed by atoms with Crippen molar-refractivity contribution in [2.24, 2.45) is 10.7 Å². The Morgan fingerprint density at radius 1 is 1.37 bits per heavy atom. The molecule has 19 heavy (non-hydrogen) atoms. The first kappa shape index (κ1) is 19.0. The highest BCUT2D eigenvalue weighted by molar-refractivity contribution is 14.0. The predicted molar refractivity (Wildman–Crippen MR) is 94.3 cm³/mol. The van der Waals surface area contributed by atoms with Gasteiger partial charge in [0.15, 0.2) is 5.96 Å². The number of rotatable bonds is 7. The van der Waals surface area contributed by atoms with Gasteiger partial charge in [-0.25, -0.2) is 0 Å². The number of likely N-dealkylation sites (tertiary alicyclic amines) is 1. The molecule has 0 aromatic rings. The Hall–Kier alpha value is -0.0400. The molecule has 3 N–H and O–H groups in total. The lowest BCUT2D eigenvalue weighted by Gasteiger charge is -2.33. The molecule has 0 aromatic heterocycles. The lowest BCUT2D eigenvalue weighted by Crippen LogP contribution is -2.38. The summed E-state index contributed by atoms with van der Waals surface area (Å²) in [5.41, 5.74) is 5.79. The van der Waals surface area contributed by atoms with Crippen molar-refractivity contribution in [3.8, 4) is 0 Å². The minimum Gasteiger partial charge on any atom is -0.370 e. The number of hydrogen-bond acceptors (Lipinski definition) is 2. The van der Waals surface area contributed by atoms with Crippen LogP contribution in [0.1, 0.15) is 52.4 Å². The predicted octanol–water partition coefficient (Wildman–Crippen LogP) is 2.57. The molecule has 1 unspecified atom stereocenters. The average molecular weight is 382 g/mol. The standard InChI is InChI=1S/C14H30N4.HI/c1-3-4-9-16-14(15)17-10-7-12-18-11-6-5-8-13(18)2;/h13H,3-12H2,1-2H3,(H3,15,16,17);1H. The van der Waals surface area contributed by atoms with Crippen molar-refractivity contribution in [3.63, 3.8) is 0 Å². The Morgan fingerprint density at radius 2 is 2.16 bits per heavy atom. The van der Waals surface area contributed by atoms with E-state index in [-0.39, 0.29) is 24.0 Å². The Kier molecular flexibility index (Phi) is 11.7. The average Bonchev–Trinajstić information content (AvgIpc) is 2.37. The number of hydrogen-bond donors (Lipinski definition) is 2. The highest BCUT2D eigenvalue weighted by Gasteiger charge is 2.16. The van der Waals surface area contributed by atoms with Crippen molar-refractivity contribution in [1.82, 2.24) is 10.2 Å². The van der Waals surface area contributed by atoms with Gasteiger partial charge in [0.25, 0.3) is 0 Å². The molecule has 114 valence electrons. The van der Waals surface area contributed by atoms with Crippen LogP contribution in [0.15, 0.2) is 4.99 Å². The first-order valence-corrected chi connectivity index (χ1v) is 7.52. The number of guanidine groups is 1. The van der Waals surface area contributed by atoms with E-state index in [0.29, 0.717) is 5.96 Å². The van der Waals surface area contributed by atoms with Crippen molar-refractivity contribution in [2.45, 2.75) is 58.4 Å². The van der Waals surface area contributed by atoms with Gasteiger partial charge in [-0.2, -0.15) is 0 Å². The molecule has 1 atom stereocenters. The van der Waals surface area contributed by atoms with E-state index in [9.17, 15) is 0 Å². The van der Waals surface area contributed by atoms with Gasteiger partial charge in [0.1, 0.15) is 0 Å². The zero-order chi connectivity index (χ0) is 13.2. The Bertz CT molecular complexity index is 246. The highest BCUT2D eigenvalue weighted by Crippen LogP contribution is 2.16. The van der Waals surface area contributed by atoms with Crippen LogP contribution in [0.3, 0.4) is 0 Å². The van der Waals surface area contributed by atoms with Gasteiger partial charge in [-0.3, -0.25) is 4.99 Å². The number of nitrogens with zero attached hydrogens (tertiary/aromatic N) is 2. The van der Waals surface area contributed by atoms with Crippen molar-refractivity contribution < 1.29 is 0 Å². The van der Waals surface area contributed by atoms with E-state index in [4.69, 9.17) is 5.73 Å². The Labute approximate surface area is 135 Å². The summed E-state index contributed by atoms with van der Waals surface area (Å²) in [6.45, 7) is 8.71. The van der Waals surface area contributed by atoms with Gasteiger partial charge in [-0.15, -0.1) is 24.0 Å². The molecule has 5 heteroatoms. The second-order valence-corrected chi connectivity index (χ2v) is 5.28. The Balaban J connectivity index is 0.00000324. The molecule has 1 heterocycles. The summed E-state index contributed by atoms with van der Waals surface area (Å²) >= 11 is 0. The molecule has 1 aliphatic rings. The van der Waals surface area contributed by atoms with Crippen molar-refractivity contribution >= 4 is 29.9 Å². The molecule has 1 fully saturated rings. The zero-order valence-corrected chi connectivity index (χ0v) is 14.9. The number of aliphatic imine (C=N–C) groups is 1. The molecule has 0 bridgehead atoms. The van der Waals surface area contributed by atoms with Crippen molar-refractivity contribution in [3.05, 3.63) is 0 Å². The summed E-state index contributed by atoms with van der Waals surface area (Å²) in [6, 6.07) is 0.753. The quantitative estimate of drug-likeness (QED) is 0.308. The molecule has 0 aromatic carbocycles. The lowest BCUT2D eigenvalue weighted by molar-refractivity contribution is 0.160. The summed E-state index contributed by atoms with van der Waals surface area (Å²) in [4.78, 5) is 6.95. The van der Waals surface area contributed by atoms with Crippen molar-refractivity contribution in [2.75, 3.05) is 26.2 Å². The number of unbranched alkanes of at least 4 members (excludes halogenated alkanes) is 1. The lowest BCUT2D eigenvalue weighted by atomic mass is 10.0. The first-order valence-electron chi connectivity index (χ1n) is 7.52. The number of piperidine rings is 1. The van der Waals surface area contributed by atoms with Gasteiger partial charge in [0.05, 0.1) is 0 Å². The van der Waals surface area contributed by atoms with Gasteiger partial charge < -0.3 is 16.0 Å². The largest absolute Gasteiger partial charge is 0.370 e. The van der Waals surface area contributed by atoms with E-state index < -0.39 is 0 Å². The molecule has 1 rings (SSSR count). The van der Waals surface area contributed by atoms with E-state index in [1.165, 1.54) is 32.2 Å². The third-order valence-electron chi connectivity index (χ3n) is 3.66. The van der Waals surface area contributed by atoms with E-state index in [0.717, 1.165) is 38.5 Å². The maximum absolute atomic E-state index is 5.79. The Morgan fingerprint density at radius 3 is 2.84 bits per heavy atom. The van der Waals surface area contributed by atoms with Gasteiger partial charge >= 0.3 is 0 Å². The molecule has 0 spiro atoms. The highest BCUT2D eigenvalue weighted by atomic mass is 127. The summed E-state index contributed by atoms with van der Waals surface area (Å²) in [6.07, 6.45) is 7.55. The summed E-state index contributed by atoms with van der Waals surface area (Å²) in [5.74, 6) is 0.607. The second kappa shape index (κ2) is 11.8. The third-order valence-corrected chi connectivity index (χ3v) is 3.66. The summed E-state index contributed by atoms with van der Waals surface area (Å²) in [7, 11) is 0. The minimum atomic E-state index is 0. The monoisotopic (exact) mass is 382 g/mol. The van der Waals surface area contributed by atoms with Crippen LogP contribution in [-0.2, 0) is 0 Å². The fourth-order valence-corrected chi connectivity index (χ4v) is 2.41. The van der Waals surface area contributed by atoms with Gasteiger partial charge in [0, 0.05) is 25.7 Å². The molecule has 0 aliphatic carbocycles. The van der Waals surface area contributed by atoms with Crippen LogP contribution in [-0.4, -0.2) is 43.1 Å². The summed E-state index contributed by atoms with van der Waals surface area (Å²) < 4.78 is 0. The van der Waals surface area contributed by atoms with Gasteiger partial charge in [0.2, 0.25) is 0 Å². The van der Waals surface area contributed by atoms with Crippen LogP contribution in [0.25, 0.3) is 0 Å². The van der Waals surface area contributed by atoms with Crippen LogP contribution >= 0.6 is 24.0 Å². The summed E-state index contributed by atoms with van der Waals surface area (Å²) in [5, 5.41) is 3.14. The zero-order valence-electron chi connectivity index (χ0n) is 12.5. The van der Waals surface area contributed by atoms with Gasteiger partial charge in [-0.1, -0.05) is 19.8 Å². The molecule has 4 nitrogen and oxygen atoms in total.